The number of benzene rings is 1. The zero-order valence-corrected chi connectivity index (χ0v) is 10.5. The van der Waals surface area contributed by atoms with E-state index in [-0.39, 0.29) is 10.3 Å². The summed E-state index contributed by atoms with van der Waals surface area (Å²) in [6, 6.07) is 9.75. The molecule has 0 aliphatic rings. The quantitative estimate of drug-likeness (QED) is 0.780. The van der Waals surface area contributed by atoms with Gasteiger partial charge in [-0.1, -0.05) is 30.3 Å². The van der Waals surface area contributed by atoms with Crippen molar-refractivity contribution in [3.8, 4) is 0 Å². The zero-order chi connectivity index (χ0) is 12.4. The predicted octanol–water partition coefficient (Wildman–Crippen LogP) is 1.32. The lowest BCUT2D eigenvalue weighted by atomic mass is 10.2. The van der Waals surface area contributed by atoms with Crippen LogP contribution in [0.25, 0.3) is 0 Å². The van der Waals surface area contributed by atoms with Crippen LogP contribution in [0.5, 0.6) is 0 Å². The van der Waals surface area contributed by atoms with Gasteiger partial charge in [0.1, 0.15) is 6.61 Å². The molecule has 88 valence electrons. The standard InChI is InChI=1S/C8H9NOS.C2H5NOS/c9-8(11)10-6-7-4-2-1-3-5-7;1-4-2(3)5/h1-5H,6H2,(H2,9,11);1H3,(H2,3,5). The third kappa shape index (κ3) is 9.17. The molecule has 0 aliphatic heterocycles. The molecule has 0 amide bonds. The van der Waals surface area contributed by atoms with Crippen molar-refractivity contribution in [2.75, 3.05) is 7.11 Å². The maximum absolute atomic E-state index is 5.15. The smallest absolute Gasteiger partial charge is 0.254 e. The molecule has 1 aromatic carbocycles. The van der Waals surface area contributed by atoms with Gasteiger partial charge in [-0.25, -0.2) is 0 Å². The van der Waals surface area contributed by atoms with Crippen LogP contribution in [0.1, 0.15) is 5.56 Å². The van der Waals surface area contributed by atoms with Crippen LogP contribution < -0.4 is 11.5 Å². The summed E-state index contributed by atoms with van der Waals surface area (Å²) in [5, 5.41) is 0.179. The maximum Gasteiger partial charge on any atom is 0.254 e. The molecule has 1 rings (SSSR count). The van der Waals surface area contributed by atoms with Gasteiger partial charge in [-0.05, 0) is 30.0 Å². The van der Waals surface area contributed by atoms with Crippen molar-refractivity contribution in [2.45, 2.75) is 6.61 Å². The van der Waals surface area contributed by atoms with Crippen molar-refractivity contribution in [2.24, 2.45) is 11.5 Å². The first-order valence-electron chi connectivity index (χ1n) is 4.36. The number of hydrogen-bond donors (Lipinski definition) is 2. The van der Waals surface area contributed by atoms with Crippen molar-refractivity contribution in [1.29, 1.82) is 0 Å². The molecule has 6 heteroatoms. The number of ether oxygens (including phenoxy) is 2. The largest absolute Gasteiger partial charge is 0.475 e. The van der Waals surface area contributed by atoms with Crippen LogP contribution in [0, 0.1) is 0 Å². The second kappa shape index (κ2) is 8.87. The van der Waals surface area contributed by atoms with Crippen LogP contribution in [0.3, 0.4) is 0 Å². The Morgan fingerprint density at radius 3 is 2.00 bits per heavy atom. The summed E-state index contributed by atoms with van der Waals surface area (Å²) in [5.41, 5.74) is 11.0. The average Bonchev–Trinajstić information content (AvgIpc) is 2.28. The molecule has 0 spiro atoms. The highest BCUT2D eigenvalue weighted by Gasteiger charge is 1.91. The molecule has 4 N–H and O–H groups in total. The van der Waals surface area contributed by atoms with E-state index in [1.807, 2.05) is 30.3 Å². The molecule has 0 fully saturated rings. The average molecular weight is 258 g/mol. The molecule has 0 saturated carbocycles. The fourth-order valence-electron chi connectivity index (χ4n) is 0.729. The van der Waals surface area contributed by atoms with Gasteiger partial charge in [0.25, 0.3) is 10.3 Å². The molecule has 0 atom stereocenters. The lowest BCUT2D eigenvalue weighted by Crippen LogP contribution is -2.12. The van der Waals surface area contributed by atoms with Crippen LogP contribution in [0.2, 0.25) is 0 Å². The van der Waals surface area contributed by atoms with Crippen LogP contribution in [-0.2, 0) is 16.1 Å². The van der Waals surface area contributed by atoms with Crippen LogP contribution in [0.4, 0.5) is 0 Å². The highest BCUT2D eigenvalue weighted by molar-refractivity contribution is 7.80. The molecule has 0 heterocycles. The van der Waals surface area contributed by atoms with E-state index < -0.39 is 0 Å². The highest BCUT2D eigenvalue weighted by Crippen LogP contribution is 1.99. The molecule has 1 aromatic rings. The minimum atomic E-state index is 0.0880. The maximum atomic E-state index is 5.15. The van der Waals surface area contributed by atoms with Crippen LogP contribution in [0.15, 0.2) is 30.3 Å². The number of hydrogen-bond acceptors (Lipinski definition) is 4. The van der Waals surface area contributed by atoms with Crippen molar-refractivity contribution in [3.05, 3.63) is 35.9 Å². The minimum absolute atomic E-state index is 0.0880. The summed E-state index contributed by atoms with van der Waals surface area (Å²) in [4.78, 5) is 0. The lowest BCUT2D eigenvalue weighted by molar-refractivity contribution is 0.296. The Hall–Kier alpha value is -1.40. The minimum Gasteiger partial charge on any atom is -0.475 e. The first kappa shape index (κ1) is 14.6. The molecule has 0 bridgehead atoms. The second-order valence-electron chi connectivity index (χ2n) is 2.62. The summed E-state index contributed by atoms with van der Waals surface area (Å²) >= 11 is 8.80. The van der Waals surface area contributed by atoms with Crippen LogP contribution in [-0.4, -0.2) is 17.5 Å². The van der Waals surface area contributed by atoms with Gasteiger partial charge in [0.15, 0.2) is 0 Å². The molecular weight excluding hydrogens is 244 g/mol. The van der Waals surface area contributed by atoms with Crippen LogP contribution >= 0.6 is 24.4 Å². The number of rotatable bonds is 2. The molecule has 0 aliphatic carbocycles. The molecule has 0 unspecified atom stereocenters. The molecule has 16 heavy (non-hydrogen) atoms. The third-order valence-corrected chi connectivity index (χ3v) is 1.71. The van der Waals surface area contributed by atoms with Crippen molar-refractivity contribution in [3.63, 3.8) is 0 Å². The highest BCUT2D eigenvalue weighted by atomic mass is 32.1. The van der Waals surface area contributed by atoms with E-state index in [0.717, 1.165) is 5.56 Å². The van der Waals surface area contributed by atoms with Crippen molar-refractivity contribution >= 4 is 34.8 Å². The van der Waals surface area contributed by atoms with E-state index in [1.54, 1.807) is 0 Å². The summed E-state index contributed by atoms with van der Waals surface area (Å²) in [6.07, 6.45) is 0. The topological polar surface area (TPSA) is 70.5 Å². The summed E-state index contributed by atoms with van der Waals surface area (Å²) < 4.78 is 9.20. The van der Waals surface area contributed by atoms with Gasteiger partial charge in [0.2, 0.25) is 0 Å². The van der Waals surface area contributed by atoms with E-state index in [9.17, 15) is 0 Å². The second-order valence-corrected chi connectivity index (χ2v) is 3.42. The lowest BCUT2D eigenvalue weighted by Gasteiger charge is -2.01. The van der Waals surface area contributed by atoms with E-state index in [2.05, 4.69) is 29.2 Å². The first-order valence-corrected chi connectivity index (χ1v) is 5.17. The molecule has 4 nitrogen and oxygen atoms in total. The molecule has 0 aromatic heterocycles. The monoisotopic (exact) mass is 258 g/mol. The SMILES string of the molecule is COC(N)=S.NC(=S)OCc1ccccc1. The van der Waals surface area contributed by atoms with Gasteiger partial charge in [-0.2, -0.15) is 0 Å². The normalized spacial score (nSPS) is 8.31. The van der Waals surface area contributed by atoms with Crippen molar-refractivity contribution in [1.82, 2.24) is 0 Å². The fourth-order valence-corrected chi connectivity index (χ4v) is 0.788. The molecular formula is C10H14N2O2S2. The fraction of sp³-hybridized carbons (Fsp3) is 0.200. The van der Waals surface area contributed by atoms with Gasteiger partial charge in [-0.15, -0.1) is 0 Å². The van der Waals surface area contributed by atoms with E-state index >= 15 is 0 Å². The van der Waals surface area contributed by atoms with E-state index in [1.165, 1.54) is 7.11 Å². The first-order chi connectivity index (χ1) is 7.56. The number of nitrogens with two attached hydrogens (primary N) is 2. The van der Waals surface area contributed by atoms with Gasteiger partial charge in [-0.3, -0.25) is 0 Å². The zero-order valence-electron chi connectivity index (χ0n) is 8.88. The van der Waals surface area contributed by atoms with E-state index in [0.29, 0.717) is 6.61 Å². The van der Waals surface area contributed by atoms with E-state index in [4.69, 9.17) is 16.2 Å². The molecule has 0 radical (unpaired) electrons. The summed E-state index contributed by atoms with van der Waals surface area (Å²) in [7, 11) is 1.43. The Balaban J connectivity index is 0.000000385. The Morgan fingerprint density at radius 1 is 1.12 bits per heavy atom. The van der Waals surface area contributed by atoms with Gasteiger partial charge in [0, 0.05) is 0 Å². The van der Waals surface area contributed by atoms with Gasteiger partial charge < -0.3 is 20.9 Å². The predicted molar refractivity (Wildman–Crippen MR) is 71.8 cm³/mol. The Bertz CT molecular complexity index is 331. The van der Waals surface area contributed by atoms with Gasteiger partial charge >= 0.3 is 0 Å². The third-order valence-electron chi connectivity index (χ3n) is 1.43. The Labute approximate surface area is 106 Å². The number of methoxy groups -OCH3 is 1. The Kier molecular flexibility index (Phi) is 8.10. The summed E-state index contributed by atoms with van der Waals surface area (Å²) in [5.74, 6) is 0. The van der Waals surface area contributed by atoms with Gasteiger partial charge in [0.05, 0.1) is 7.11 Å². The Morgan fingerprint density at radius 2 is 1.62 bits per heavy atom. The van der Waals surface area contributed by atoms with Crippen molar-refractivity contribution < 1.29 is 9.47 Å². The molecule has 0 saturated heterocycles. The number of thiocarbonyl (C=S) groups is 2. The summed E-state index contributed by atoms with van der Waals surface area (Å²) in [6.45, 7) is 0.455.